The Balaban J connectivity index is 0.00000134. The van der Waals surface area contributed by atoms with Crippen molar-refractivity contribution in [3.63, 3.8) is 0 Å². The Labute approximate surface area is 298 Å². The van der Waals surface area contributed by atoms with Crippen LogP contribution < -0.4 is 5.32 Å². The molecule has 0 bridgehead atoms. The molecule has 9 unspecified atom stereocenters. The maximum Gasteiger partial charge on any atom is 0.306 e. The van der Waals surface area contributed by atoms with E-state index in [0.29, 0.717) is 28.7 Å². The number of hydrogen-bond acceptors (Lipinski definition) is 5. The van der Waals surface area contributed by atoms with E-state index in [9.17, 15) is 18.3 Å². The van der Waals surface area contributed by atoms with Gasteiger partial charge in [-0.1, -0.05) is 45.4 Å². The molecule has 10 atom stereocenters. The molecule has 276 valence electrons. The zero-order valence-corrected chi connectivity index (χ0v) is 32.3. The van der Waals surface area contributed by atoms with E-state index in [1.807, 2.05) is 6.92 Å². The lowest BCUT2D eigenvalue weighted by Crippen LogP contribution is -2.63. The number of carboxylic acid groups (broad SMARTS) is 1. The van der Waals surface area contributed by atoms with E-state index < -0.39 is 15.8 Å². The van der Waals surface area contributed by atoms with Gasteiger partial charge in [0.1, 0.15) is 9.84 Å². The molecule has 6 aliphatic carbocycles. The van der Waals surface area contributed by atoms with Crippen molar-refractivity contribution in [1.82, 2.24) is 10.2 Å². The minimum Gasteiger partial charge on any atom is -0.481 e. The van der Waals surface area contributed by atoms with Gasteiger partial charge in [0.15, 0.2) is 0 Å². The fourth-order valence-corrected chi connectivity index (χ4v) is 14.6. The van der Waals surface area contributed by atoms with Crippen LogP contribution >= 0.6 is 0 Å². The molecular weight excluding hydrogens is 629 g/mol. The van der Waals surface area contributed by atoms with Crippen LogP contribution in [0.4, 0.5) is 0 Å². The van der Waals surface area contributed by atoms with Crippen molar-refractivity contribution in [2.75, 3.05) is 32.4 Å². The van der Waals surface area contributed by atoms with Crippen molar-refractivity contribution < 1.29 is 18.3 Å². The summed E-state index contributed by atoms with van der Waals surface area (Å²) in [6.07, 6.45) is 25.6. The molecule has 0 spiro atoms. The van der Waals surface area contributed by atoms with Crippen LogP contribution in [0.3, 0.4) is 0 Å². The molecule has 49 heavy (non-hydrogen) atoms. The Hall–Kier alpha value is -1.44. The molecule has 5 fully saturated rings. The minimum absolute atomic E-state index is 0.142. The summed E-state index contributed by atoms with van der Waals surface area (Å²) in [5.41, 5.74) is 4.15. The van der Waals surface area contributed by atoms with Crippen molar-refractivity contribution in [1.29, 1.82) is 0 Å². The fourth-order valence-electron chi connectivity index (χ4n) is 13.5. The number of nitrogens with one attached hydrogen (secondary N) is 1. The number of carboxylic acids is 1. The van der Waals surface area contributed by atoms with Gasteiger partial charge in [-0.15, -0.1) is 6.58 Å². The number of likely N-dealkylation sites (tertiary alicyclic amines) is 1. The Morgan fingerprint density at radius 2 is 1.69 bits per heavy atom. The number of sulfone groups is 1. The third-order valence-electron chi connectivity index (χ3n) is 15.9. The molecule has 0 amide bonds. The Morgan fingerprint density at radius 1 is 0.980 bits per heavy atom. The van der Waals surface area contributed by atoms with Crippen LogP contribution in [0.5, 0.6) is 0 Å². The summed E-state index contributed by atoms with van der Waals surface area (Å²) in [7, 11) is -2.91. The molecule has 7 heteroatoms. The number of piperidine rings is 1. The first-order valence-electron chi connectivity index (χ1n) is 20.1. The molecule has 7 rings (SSSR count). The van der Waals surface area contributed by atoms with E-state index in [1.165, 1.54) is 76.0 Å². The quantitative estimate of drug-likeness (QED) is 0.260. The van der Waals surface area contributed by atoms with Gasteiger partial charge >= 0.3 is 5.97 Å². The zero-order chi connectivity index (χ0) is 35.2. The van der Waals surface area contributed by atoms with E-state index >= 15 is 0 Å². The predicted octanol–water partition coefficient (Wildman–Crippen LogP) is 8.45. The van der Waals surface area contributed by atoms with Crippen LogP contribution in [0, 0.1) is 52.3 Å². The molecule has 0 aromatic rings. The van der Waals surface area contributed by atoms with Gasteiger partial charge in [0.2, 0.25) is 0 Å². The van der Waals surface area contributed by atoms with Crippen LogP contribution in [-0.2, 0) is 14.6 Å². The molecule has 7 aliphatic rings. The van der Waals surface area contributed by atoms with E-state index in [1.54, 1.807) is 11.6 Å². The number of aliphatic carboxylic acids is 1. The number of hydrogen-bond donors (Lipinski definition) is 2. The highest BCUT2D eigenvalue weighted by Crippen LogP contribution is 2.70. The third-order valence-corrected chi connectivity index (χ3v) is 17.6. The van der Waals surface area contributed by atoms with Gasteiger partial charge in [0, 0.05) is 24.9 Å². The number of fused-ring (bicyclic) bond motifs is 7. The Bertz CT molecular complexity index is 1400. The Kier molecular flexibility index (Phi) is 11.1. The van der Waals surface area contributed by atoms with E-state index in [2.05, 4.69) is 49.7 Å². The van der Waals surface area contributed by atoms with Crippen LogP contribution in [0.25, 0.3) is 0 Å². The standard InChI is InChI=1S/C39H62N2O4S.C3H6/c1-26-30(27-7-9-28(10-8-27)36(42)43)13-19-37(2)32(26)14-20-38(3)33-15-21-39(18-5-6-34(39)31(33)11-12-35(37)38)40-22-25-41-23-16-29(17-24-41)46(4,44)45;1-3-2/h7,13,26,28-29,31-35,40H,5-6,8-12,14-25H2,1-4H3,(H,42,43);3H,1H2,2H3/t26?,28?,31?,32?,33?,34-,35?,37?,38?,39?;/m1./s1. The first kappa shape index (κ1) is 37.3. The summed E-state index contributed by atoms with van der Waals surface area (Å²) in [4.78, 5) is 14.0. The van der Waals surface area contributed by atoms with Gasteiger partial charge in [0.25, 0.3) is 0 Å². The van der Waals surface area contributed by atoms with Gasteiger partial charge in [0.05, 0.1) is 11.2 Å². The minimum atomic E-state index is -2.91. The molecule has 2 N–H and O–H groups in total. The van der Waals surface area contributed by atoms with Crippen LogP contribution in [0.1, 0.15) is 124 Å². The average molecular weight is 697 g/mol. The SMILES string of the molecule is C=CC.CC1C(C2=CCC(C(=O)O)CC2)=CCC2(C)C1CCC1(C)C3CCC4(NCCN5CCC(S(C)(=O)=O)CC5)CCC[C@@H]4C3CCC21. The second-order valence-corrected chi connectivity index (χ2v) is 20.5. The van der Waals surface area contributed by atoms with Gasteiger partial charge in [-0.3, -0.25) is 4.79 Å². The number of allylic oxidation sites excluding steroid dienone is 5. The molecule has 4 saturated carbocycles. The van der Waals surface area contributed by atoms with E-state index in [-0.39, 0.29) is 11.2 Å². The molecule has 6 nitrogen and oxygen atoms in total. The van der Waals surface area contributed by atoms with Crippen molar-refractivity contribution >= 4 is 15.8 Å². The fraction of sp³-hybridized carbons (Fsp3) is 0.833. The summed E-state index contributed by atoms with van der Waals surface area (Å²) in [6, 6.07) is 0. The molecule has 1 saturated heterocycles. The molecular formula is C42H68N2O4S. The van der Waals surface area contributed by atoms with Crippen LogP contribution in [0.15, 0.2) is 36.0 Å². The van der Waals surface area contributed by atoms with E-state index in [0.717, 1.165) is 81.5 Å². The smallest absolute Gasteiger partial charge is 0.306 e. The van der Waals surface area contributed by atoms with Crippen LogP contribution in [-0.4, -0.2) is 67.6 Å². The molecule has 0 radical (unpaired) electrons. The van der Waals surface area contributed by atoms with Crippen molar-refractivity contribution in [3.8, 4) is 0 Å². The average Bonchev–Trinajstić information content (AvgIpc) is 3.49. The maximum atomic E-state index is 12.0. The Morgan fingerprint density at radius 3 is 2.35 bits per heavy atom. The predicted molar refractivity (Wildman–Crippen MR) is 201 cm³/mol. The zero-order valence-electron chi connectivity index (χ0n) is 31.5. The van der Waals surface area contributed by atoms with Crippen molar-refractivity contribution in [3.05, 3.63) is 36.0 Å². The lowest BCUT2D eigenvalue weighted by molar-refractivity contribution is -0.166. The maximum absolute atomic E-state index is 12.0. The van der Waals surface area contributed by atoms with E-state index in [4.69, 9.17) is 0 Å². The largest absolute Gasteiger partial charge is 0.481 e. The molecule has 1 aliphatic heterocycles. The first-order chi connectivity index (χ1) is 23.3. The summed E-state index contributed by atoms with van der Waals surface area (Å²) in [5.74, 6) is 3.80. The molecule has 0 aromatic heterocycles. The third kappa shape index (κ3) is 6.92. The summed E-state index contributed by atoms with van der Waals surface area (Å²) >= 11 is 0. The topological polar surface area (TPSA) is 86.7 Å². The second-order valence-electron chi connectivity index (χ2n) is 18.1. The summed E-state index contributed by atoms with van der Waals surface area (Å²) in [5, 5.41) is 13.6. The lowest BCUT2D eigenvalue weighted by atomic mass is 9.38. The monoisotopic (exact) mass is 696 g/mol. The van der Waals surface area contributed by atoms with Gasteiger partial charge in [-0.25, -0.2) is 8.42 Å². The number of rotatable bonds is 7. The second kappa shape index (κ2) is 14.5. The summed E-state index contributed by atoms with van der Waals surface area (Å²) in [6.45, 7) is 17.1. The first-order valence-corrected chi connectivity index (χ1v) is 22.1. The normalized spacial score (nSPS) is 42.6. The highest BCUT2D eigenvalue weighted by Gasteiger charge is 2.64. The molecule has 1 heterocycles. The van der Waals surface area contributed by atoms with Gasteiger partial charge in [-0.2, -0.15) is 0 Å². The lowest BCUT2D eigenvalue weighted by Gasteiger charge is -2.67. The van der Waals surface area contributed by atoms with Gasteiger partial charge < -0.3 is 15.3 Å². The van der Waals surface area contributed by atoms with Crippen molar-refractivity contribution in [2.45, 2.75) is 135 Å². The highest BCUT2D eigenvalue weighted by molar-refractivity contribution is 7.91. The van der Waals surface area contributed by atoms with Crippen molar-refractivity contribution in [2.24, 2.45) is 52.3 Å². The summed E-state index contributed by atoms with van der Waals surface area (Å²) < 4.78 is 24.0. The molecule has 0 aromatic carbocycles. The van der Waals surface area contributed by atoms with Crippen LogP contribution in [0.2, 0.25) is 0 Å². The number of carbonyl (C=O) groups is 1. The van der Waals surface area contributed by atoms with Gasteiger partial charge in [-0.05, 0) is 167 Å². The number of nitrogens with zero attached hydrogens (tertiary/aromatic N) is 1. The highest BCUT2D eigenvalue weighted by atomic mass is 32.2.